The summed E-state index contributed by atoms with van der Waals surface area (Å²) in [6, 6.07) is 12.1. The van der Waals surface area contributed by atoms with Gasteiger partial charge < -0.3 is 14.6 Å². The van der Waals surface area contributed by atoms with Gasteiger partial charge in [0.1, 0.15) is 5.82 Å². The highest BCUT2D eigenvalue weighted by atomic mass is 32.2. The molecule has 0 radical (unpaired) electrons. The molecular formula is C30H40N4O4S. The number of benzene rings is 2. The summed E-state index contributed by atoms with van der Waals surface area (Å²) in [6.07, 6.45) is 6.07. The third-order valence-electron chi connectivity index (χ3n) is 8.05. The van der Waals surface area contributed by atoms with E-state index in [4.69, 9.17) is 9.72 Å². The summed E-state index contributed by atoms with van der Waals surface area (Å²) in [5.41, 5.74) is 2.81. The Hall–Kier alpha value is -2.91. The Balaban J connectivity index is 1.38. The van der Waals surface area contributed by atoms with Crippen LogP contribution in [-0.2, 0) is 31.5 Å². The van der Waals surface area contributed by atoms with Gasteiger partial charge in [-0.05, 0) is 74.1 Å². The molecule has 39 heavy (non-hydrogen) atoms. The number of imidazole rings is 1. The normalized spacial score (nSPS) is 17.5. The van der Waals surface area contributed by atoms with Crippen molar-refractivity contribution in [2.75, 3.05) is 29.9 Å². The minimum Gasteiger partial charge on any atom is -0.381 e. The molecule has 1 saturated heterocycles. The molecule has 2 aliphatic rings. The van der Waals surface area contributed by atoms with E-state index < -0.39 is 10.0 Å². The van der Waals surface area contributed by atoms with E-state index in [2.05, 4.69) is 30.7 Å². The number of anilines is 2. The summed E-state index contributed by atoms with van der Waals surface area (Å²) >= 11 is 0. The fourth-order valence-corrected chi connectivity index (χ4v) is 6.89. The highest BCUT2D eigenvalue weighted by molar-refractivity contribution is 7.92. The standard InChI is InChI=1S/C30H40N4O4S/c1-30(2,3)29-32-26-19-24(11-14-27(26)34(29)20-21-15-17-38-18-16-21)33(4)39(36,37)25-12-9-23(10-13-25)31-28(35)22-7-5-6-8-22/h9-14,19,21-22H,5-8,15-18,20H2,1-4H3,(H,31,35). The number of carbonyl (C=O) groups is 1. The minimum atomic E-state index is -3.80. The lowest BCUT2D eigenvalue weighted by atomic mass is 9.94. The average molecular weight is 553 g/mol. The zero-order valence-corrected chi connectivity index (χ0v) is 24.3. The Morgan fingerprint density at radius 3 is 2.36 bits per heavy atom. The van der Waals surface area contributed by atoms with Crippen molar-refractivity contribution in [1.82, 2.24) is 9.55 Å². The second-order valence-electron chi connectivity index (χ2n) is 12.0. The summed E-state index contributed by atoms with van der Waals surface area (Å²) in [7, 11) is -2.24. The predicted molar refractivity (Wildman–Crippen MR) is 155 cm³/mol. The first kappa shape index (κ1) is 27.6. The first-order valence-electron chi connectivity index (χ1n) is 14.0. The lowest BCUT2D eigenvalue weighted by molar-refractivity contribution is -0.119. The highest BCUT2D eigenvalue weighted by Crippen LogP contribution is 2.32. The Kier molecular flexibility index (Phi) is 7.75. The molecule has 9 heteroatoms. The summed E-state index contributed by atoms with van der Waals surface area (Å²) in [5.74, 6) is 1.60. The third kappa shape index (κ3) is 5.84. The van der Waals surface area contributed by atoms with Gasteiger partial charge in [-0.25, -0.2) is 13.4 Å². The SMILES string of the molecule is CN(c1ccc2c(c1)nc(C(C)(C)C)n2CC1CCOCC1)S(=O)(=O)c1ccc(NC(=O)C2CCCC2)cc1. The van der Waals surface area contributed by atoms with E-state index in [1.165, 1.54) is 4.31 Å². The van der Waals surface area contributed by atoms with Gasteiger partial charge in [-0.2, -0.15) is 0 Å². The summed E-state index contributed by atoms with van der Waals surface area (Å²) in [6.45, 7) is 8.94. The van der Waals surface area contributed by atoms with Crippen LogP contribution in [0, 0.1) is 11.8 Å². The number of ether oxygens (including phenoxy) is 1. The van der Waals surface area contributed by atoms with Gasteiger partial charge in [0, 0.05) is 43.8 Å². The molecule has 1 aliphatic heterocycles. The molecule has 1 saturated carbocycles. The van der Waals surface area contributed by atoms with Gasteiger partial charge in [0.15, 0.2) is 0 Å². The van der Waals surface area contributed by atoms with Gasteiger partial charge in [0.05, 0.1) is 21.6 Å². The van der Waals surface area contributed by atoms with Crippen molar-refractivity contribution in [1.29, 1.82) is 0 Å². The molecule has 1 aliphatic carbocycles. The molecule has 1 aromatic heterocycles. The van der Waals surface area contributed by atoms with Gasteiger partial charge in [0.2, 0.25) is 5.91 Å². The van der Waals surface area contributed by atoms with Gasteiger partial charge in [-0.3, -0.25) is 9.10 Å². The van der Waals surface area contributed by atoms with Crippen LogP contribution in [0.15, 0.2) is 47.4 Å². The molecule has 2 aromatic carbocycles. The largest absolute Gasteiger partial charge is 0.381 e. The van der Waals surface area contributed by atoms with E-state index in [9.17, 15) is 13.2 Å². The van der Waals surface area contributed by atoms with Crippen LogP contribution in [-0.4, -0.2) is 44.1 Å². The molecule has 2 heterocycles. The van der Waals surface area contributed by atoms with Crippen LogP contribution in [0.4, 0.5) is 11.4 Å². The Labute approximate surface area is 231 Å². The molecule has 0 atom stereocenters. The van der Waals surface area contributed by atoms with E-state index in [0.29, 0.717) is 17.3 Å². The van der Waals surface area contributed by atoms with Crippen LogP contribution in [0.1, 0.15) is 65.1 Å². The molecule has 1 N–H and O–H groups in total. The Morgan fingerprint density at radius 1 is 1.05 bits per heavy atom. The predicted octanol–water partition coefficient (Wildman–Crippen LogP) is 5.71. The van der Waals surface area contributed by atoms with Crippen molar-refractivity contribution in [2.45, 2.75) is 76.2 Å². The van der Waals surface area contributed by atoms with Crippen LogP contribution in [0.25, 0.3) is 11.0 Å². The van der Waals surface area contributed by atoms with Crippen molar-refractivity contribution >= 4 is 38.3 Å². The van der Waals surface area contributed by atoms with E-state index in [1.807, 2.05) is 18.2 Å². The first-order chi connectivity index (χ1) is 18.5. The molecule has 8 nitrogen and oxygen atoms in total. The van der Waals surface area contributed by atoms with Crippen molar-refractivity contribution < 1.29 is 17.9 Å². The number of amides is 1. The van der Waals surface area contributed by atoms with Gasteiger partial charge in [-0.15, -0.1) is 0 Å². The number of nitrogens with one attached hydrogen (secondary N) is 1. The smallest absolute Gasteiger partial charge is 0.264 e. The minimum absolute atomic E-state index is 0.0133. The summed E-state index contributed by atoms with van der Waals surface area (Å²) in [4.78, 5) is 17.6. The maximum absolute atomic E-state index is 13.5. The molecule has 3 aromatic rings. The fraction of sp³-hybridized carbons (Fsp3) is 0.533. The third-order valence-corrected chi connectivity index (χ3v) is 9.85. The zero-order valence-electron chi connectivity index (χ0n) is 23.4. The average Bonchev–Trinajstić information content (AvgIpc) is 3.58. The van der Waals surface area contributed by atoms with Crippen LogP contribution in [0.5, 0.6) is 0 Å². The lowest BCUT2D eigenvalue weighted by Gasteiger charge is -2.26. The van der Waals surface area contributed by atoms with Crippen molar-refractivity contribution in [3.63, 3.8) is 0 Å². The second-order valence-corrected chi connectivity index (χ2v) is 14.0. The van der Waals surface area contributed by atoms with Crippen LogP contribution >= 0.6 is 0 Å². The van der Waals surface area contributed by atoms with E-state index in [-0.39, 0.29) is 22.1 Å². The molecule has 0 spiro atoms. The molecule has 5 rings (SSSR count). The number of carbonyl (C=O) groups excluding carboxylic acids is 1. The number of sulfonamides is 1. The van der Waals surface area contributed by atoms with Crippen LogP contribution < -0.4 is 9.62 Å². The van der Waals surface area contributed by atoms with E-state index in [1.54, 1.807) is 31.3 Å². The van der Waals surface area contributed by atoms with Gasteiger partial charge in [-0.1, -0.05) is 33.6 Å². The molecule has 210 valence electrons. The zero-order chi connectivity index (χ0) is 27.8. The monoisotopic (exact) mass is 552 g/mol. The number of rotatable bonds is 7. The van der Waals surface area contributed by atoms with Gasteiger partial charge >= 0.3 is 0 Å². The second kappa shape index (κ2) is 10.9. The van der Waals surface area contributed by atoms with E-state index >= 15 is 0 Å². The maximum Gasteiger partial charge on any atom is 0.264 e. The molecular weight excluding hydrogens is 512 g/mol. The number of nitrogens with zero attached hydrogens (tertiary/aromatic N) is 3. The van der Waals surface area contributed by atoms with Crippen LogP contribution in [0.3, 0.4) is 0 Å². The van der Waals surface area contributed by atoms with E-state index in [0.717, 1.165) is 75.1 Å². The van der Waals surface area contributed by atoms with Crippen molar-refractivity contribution in [3.8, 4) is 0 Å². The molecule has 2 fully saturated rings. The molecule has 1 amide bonds. The Bertz CT molecular complexity index is 1430. The number of fused-ring (bicyclic) bond motifs is 1. The highest BCUT2D eigenvalue weighted by Gasteiger charge is 2.27. The number of aromatic nitrogens is 2. The van der Waals surface area contributed by atoms with Crippen molar-refractivity contribution in [2.24, 2.45) is 11.8 Å². The Morgan fingerprint density at radius 2 is 1.72 bits per heavy atom. The van der Waals surface area contributed by atoms with Crippen molar-refractivity contribution in [3.05, 3.63) is 48.3 Å². The van der Waals surface area contributed by atoms with Crippen LogP contribution in [0.2, 0.25) is 0 Å². The molecule has 0 bridgehead atoms. The molecule has 0 unspecified atom stereocenters. The first-order valence-corrected chi connectivity index (χ1v) is 15.5. The number of hydrogen-bond acceptors (Lipinski definition) is 5. The van der Waals surface area contributed by atoms with Gasteiger partial charge in [0.25, 0.3) is 10.0 Å². The quantitative estimate of drug-likeness (QED) is 0.405. The fourth-order valence-electron chi connectivity index (χ4n) is 5.70. The summed E-state index contributed by atoms with van der Waals surface area (Å²) < 4.78 is 36.2. The topological polar surface area (TPSA) is 93.5 Å². The lowest BCUT2D eigenvalue weighted by Crippen LogP contribution is -2.26. The summed E-state index contributed by atoms with van der Waals surface area (Å²) in [5, 5.41) is 2.93. The maximum atomic E-state index is 13.5. The number of hydrogen-bond donors (Lipinski definition) is 1.